The van der Waals surface area contributed by atoms with Crippen molar-refractivity contribution in [3.05, 3.63) is 94.7 Å². The summed E-state index contributed by atoms with van der Waals surface area (Å²) in [6.45, 7) is 11.1. The summed E-state index contributed by atoms with van der Waals surface area (Å²) in [6.07, 6.45) is 3.84. The number of allylic oxidation sites excluding steroid dienone is 4. The van der Waals surface area contributed by atoms with E-state index in [1.807, 2.05) is 19.9 Å². The molecule has 2 aromatic rings. The number of carboxylic acids is 1. The van der Waals surface area contributed by atoms with Crippen molar-refractivity contribution in [3.63, 3.8) is 0 Å². The van der Waals surface area contributed by atoms with Crippen molar-refractivity contribution in [1.82, 2.24) is 0 Å². The molecule has 1 N–H and O–H groups in total. The minimum atomic E-state index is -1.32. The van der Waals surface area contributed by atoms with Crippen LogP contribution in [0.1, 0.15) is 44.5 Å². The first-order valence-corrected chi connectivity index (χ1v) is 11.9. The molecule has 0 saturated carbocycles. The molecule has 1 unspecified atom stereocenters. The maximum absolute atomic E-state index is 12.8. The molecule has 0 amide bonds. The van der Waals surface area contributed by atoms with Crippen molar-refractivity contribution in [1.29, 1.82) is 0 Å². The van der Waals surface area contributed by atoms with E-state index in [1.54, 1.807) is 60.7 Å². The number of hydrogen-bond acceptors (Lipinski definition) is 5. The van der Waals surface area contributed by atoms with Gasteiger partial charge in [-0.2, -0.15) is 0 Å². The summed E-state index contributed by atoms with van der Waals surface area (Å²) in [4.78, 5) is 24.0. The monoisotopic (exact) mass is 542 g/mol. The van der Waals surface area contributed by atoms with Crippen molar-refractivity contribution in [3.8, 4) is 11.5 Å². The van der Waals surface area contributed by atoms with E-state index >= 15 is 0 Å². The maximum atomic E-state index is 12.8. The van der Waals surface area contributed by atoms with Gasteiger partial charge in [-0.25, -0.2) is 4.79 Å². The molecule has 6 nitrogen and oxygen atoms in total. The third kappa shape index (κ3) is 9.09. The smallest absolute Gasteiger partial charge is 0.347 e. The van der Waals surface area contributed by atoms with Crippen LogP contribution >= 0.6 is 15.9 Å². The Morgan fingerprint density at radius 3 is 2.23 bits per heavy atom. The Bertz CT molecular complexity index is 1080. The van der Waals surface area contributed by atoms with Crippen molar-refractivity contribution < 1.29 is 28.9 Å². The van der Waals surface area contributed by atoms with Crippen LogP contribution in [0.15, 0.2) is 89.1 Å². The van der Waals surface area contributed by atoms with Crippen molar-refractivity contribution >= 4 is 27.7 Å². The van der Waals surface area contributed by atoms with E-state index in [0.717, 1.165) is 4.48 Å². The molecule has 7 heteroatoms. The summed E-state index contributed by atoms with van der Waals surface area (Å²) in [5.74, 6) is 0.208. The third-order valence-electron chi connectivity index (χ3n) is 4.90. The summed E-state index contributed by atoms with van der Waals surface area (Å²) in [5.41, 5.74) is -0.509. The van der Waals surface area contributed by atoms with E-state index in [0.29, 0.717) is 35.8 Å². The van der Waals surface area contributed by atoms with Crippen molar-refractivity contribution in [2.24, 2.45) is 0 Å². The average molecular weight is 543 g/mol. The Morgan fingerprint density at radius 2 is 1.66 bits per heavy atom. The number of aliphatic carboxylic acids is 1. The fraction of sp³-hybridized carbons (Fsp3) is 0.286. The fourth-order valence-electron chi connectivity index (χ4n) is 2.84. The number of Topliss-reactive ketones (excluding diaryl/α,β-unsaturated/α-hetero) is 1. The molecule has 0 bridgehead atoms. The van der Waals surface area contributed by atoms with Crippen LogP contribution < -0.4 is 9.47 Å². The van der Waals surface area contributed by atoms with Crippen LogP contribution in [-0.4, -0.2) is 35.2 Å². The first kappa shape index (κ1) is 27.9. The highest BCUT2D eigenvalue weighted by molar-refractivity contribution is 9.11. The van der Waals surface area contributed by atoms with Crippen LogP contribution in [0.25, 0.3) is 0 Å². The topological polar surface area (TPSA) is 82.1 Å². The van der Waals surface area contributed by atoms with Gasteiger partial charge in [0.2, 0.25) is 0 Å². The first-order chi connectivity index (χ1) is 16.5. The van der Waals surface area contributed by atoms with Gasteiger partial charge in [-0.15, -0.1) is 0 Å². The van der Waals surface area contributed by atoms with Crippen LogP contribution in [0.4, 0.5) is 0 Å². The van der Waals surface area contributed by atoms with Gasteiger partial charge in [-0.05, 0) is 68.6 Å². The molecular weight excluding hydrogens is 512 g/mol. The number of carbonyl (C=O) groups is 2. The number of carboxylic acid groups (broad SMARTS) is 1. The molecule has 0 spiro atoms. The lowest BCUT2D eigenvalue weighted by Gasteiger charge is -2.21. The second-order valence-electron chi connectivity index (χ2n) is 8.41. The van der Waals surface area contributed by atoms with Crippen LogP contribution in [0, 0.1) is 0 Å². The molecule has 0 aliphatic rings. The highest BCUT2D eigenvalue weighted by atomic mass is 79.9. The van der Waals surface area contributed by atoms with Gasteiger partial charge in [0.1, 0.15) is 17.3 Å². The lowest BCUT2D eigenvalue weighted by atomic mass is 10.0. The summed E-state index contributed by atoms with van der Waals surface area (Å²) in [5, 5.41) is 9.18. The summed E-state index contributed by atoms with van der Waals surface area (Å²) in [6, 6.07) is 15.7. The van der Waals surface area contributed by atoms with Crippen LogP contribution in [-0.2, 0) is 9.53 Å². The lowest BCUT2D eigenvalue weighted by molar-refractivity contribution is -0.152. The van der Waals surface area contributed by atoms with E-state index in [2.05, 4.69) is 22.5 Å². The lowest BCUT2D eigenvalue weighted by Crippen LogP contribution is -2.37. The van der Waals surface area contributed by atoms with E-state index < -0.39 is 11.6 Å². The molecular formula is C28H31BrO6. The Hall–Kier alpha value is -3.32. The number of rotatable bonds is 13. The third-order valence-corrected chi connectivity index (χ3v) is 5.17. The second-order valence-corrected chi connectivity index (χ2v) is 9.66. The number of hydrogen-bond donors (Lipinski definition) is 1. The molecule has 0 saturated heterocycles. The zero-order chi connectivity index (χ0) is 26.0. The van der Waals surface area contributed by atoms with Gasteiger partial charge in [0.25, 0.3) is 0 Å². The van der Waals surface area contributed by atoms with Gasteiger partial charge in [0.05, 0.1) is 18.3 Å². The molecule has 0 radical (unpaired) electrons. The fourth-order valence-corrected chi connectivity index (χ4v) is 2.97. The molecule has 0 heterocycles. The van der Waals surface area contributed by atoms with Gasteiger partial charge < -0.3 is 19.3 Å². The first-order valence-electron chi connectivity index (χ1n) is 11.1. The van der Waals surface area contributed by atoms with Crippen LogP contribution in [0.2, 0.25) is 0 Å². The minimum Gasteiger partial charge on any atom is -0.493 e. The van der Waals surface area contributed by atoms with Gasteiger partial charge in [-0.1, -0.05) is 52.8 Å². The number of ether oxygens (including phenoxy) is 3. The standard InChI is InChI=1S/C28H31BrO6/c1-19(29)11-16-25(21(3)26(30)22-9-7-6-8-10-22)34-20(2)17-18-33-23-12-14-24(15-13-23)35-28(4,5)27(31)32/h6-16,20H,3,17-18H2,1-2,4-5H3,(H,31,32)/b19-11+,25-16+. The number of benzene rings is 2. The highest BCUT2D eigenvalue weighted by Crippen LogP contribution is 2.23. The Kier molecular flexibility index (Phi) is 10.3. The molecule has 2 aromatic carbocycles. The van der Waals surface area contributed by atoms with Gasteiger partial charge in [0.15, 0.2) is 11.4 Å². The molecule has 1 atom stereocenters. The van der Waals surface area contributed by atoms with Crippen molar-refractivity contribution in [2.75, 3.05) is 6.61 Å². The number of ketones is 1. The average Bonchev–Trinajstić information content (AvgIpc) is 2.82. The SMILES string of the molecule is C=C(C(=O)c1ccccc1)/C(=C\C=C(/C)Br)OC(C)CCOc1ccc(OC(C)(C)C(=O)O)cc1. The van der Waals surface area contributed by atoms with E-state index in [4.69, 9.17) is 14.2 Å². The quantitative estimate of drug-likeness (QED) is 0.131. The number of halogens is 1. The molecule has 0 fully saturated rings. The molecule has 35 heavy (non-hydrogen) atoms. The summed E-state index contributed by atoms with van der Waals surface area (Å²) in [7, 11) is 0. The Labute approximate surface area is 215 Å². The zero-order valence-corrected chi connectivity index (χ0v) is 22.0. The minimum absolute atomic E-state index is 0.200. The predicted molar refractivity (Wildman–Crippen MR) is 140 cm³/mol. The zero-order valence-electron chi connectivity index (χ0n) is 20.4. The molecule has 0 aromatic heterocycles. The van der Waals surface area contributed by atoms with Crippen LogP contribution in [0.3, 0.4) is 0 Å². The normalized spacial score (nSPS) is 13.1. The summed E-state index contributed by atoms with van der Waals surface area (Å²) >= 11 is 3.38. The molecule has 0 aliphatic carbocycles. The van der Waals surface area contributed by atoms with Crippen molar-refractivity contribution in [2.45, 2.75) is 45.8 Å². The van der Waals surface area contributed by atoms with Gasteiger partial charge in [0, 0.05) is 12.0 Å². The molecule has 2 rings (SSSR count). The van der Waals surface area contributed by atoms with Gasteiger partial charge >= 0.3 is 5.97 Å². The Morgan fingerprint density at radius 1 is 1.06 bits per heavy atom. The van der Waals surface area contributed by atoms with Gasteiger partial charge in [-0.3, -0.25) is 4.79 Å². The van der Waals surface area contributed by atoms with E-state index in [-0.39, 0.29) is 17.5 Å². The van der Waals surface area contributed by atoms with E-state index in [1.165, 1.54) is 13.8 Å². The van der Waals surface area contributed by atoms with Crippen LogP contribution in [0.5, 0.6) is 11.5 Å². The number of carbonyl (C=O) groups excluding carboxylic acids is 1. The summed E-state index contributed by atoms with van der Waals surface area (Å²) < 4.78 is 18.2. The second kappa shape index (κ2) is 13.0. The highest BCUT2D eigenvalue weighted by Gasteiger charge is 2.29. The maximum Gasteiger partial charge on any atom is 0.347 e. The molecule has 0 aliphatic heterocycles. The largest absolute Gasteiger partial charge is 0.493 e. The van der Waals surface area contributed by atoms with E-state index in [9.17, 15) is 14.7 Å². The Balaban J connectivity index is 1.95. The molecule has 186 valence electrons. The predicted octanol–water partition coefficient (Wildman–Crippen LogP) is 6.72.